The van der Waals surface area contributed by atoms with Crippen LogP contribution in [-0.4, -0.2) is 55.9 Å². The van der Waals surface area contributed by atoms with E-state index in [1.807, 2.05) is 0 Å². The topological polar surface area (TPSA) is 129 Å². The average molecular weight is 495 g/mol. The molecule has 5 rings (SSSR count). The van der Waals surface area contributed by atoms with Gasteiger partial charge in [0, 0.05) is 43.7 Å². The van der Waals surface area contributed by atoms with Gasteiger partial charge in [0.15, 0.2) is 0 Å². The molecule has 0 bridgehead atoms. The summed E-state index contributed by atoms with van der Waals surface area (Å²) in [6, 6.07) is 4.56. The van der Waals surface area contributed by atoms with Crippen LogP contribution in [0.25, 0.3) is 17.3 Å². The molecule has 10 nitrogen and oxygen atoms in total. The molecule has 2 saturated heterocycles. The molecular weight excluding hydrogens is 471 g/mol. The van der Waals surface area contributed by atoms with Gasteiger partial charge in [0.2, 0.25) is 5.95 Å². The van der Waals surface area contributed by atoms with Gasteiger partial charge in [-0.25, -0.2) is 14.4 Å². The van der Waals surface area contributed by atoms with Crippen LogP contribution in [0.1, 0.15) is 24.2 Å². The molecule has 2 fully saturated rings. The van der Waals surface area contributed by atoms with Crippen molar-refractivity contribution in [3.8, 4) is 11.3 Å². The fourth-order valence-electron chi connectivity index (χ4n) is 4.07. The quantitative estimate of drug-likeness (QED) is 0.425. The summed E-state index contributed by atoms with van der Waals surface area (Å²) in [6.45, 7) is 2.91. The van der Waals surface area contributed by atoms with Crippen LogP contribution >= 0.6 is 11.8 Å². The van der Waals surface area contributed by atoms with Crippen LogP contribution in [0, 0.1) is 11.7 Å². The first kappa shape index (κ1) is 23.1. The number of hydrogen-bond donors (Lipinski definition) is 3. The number of thioether (sulfide) groups is 1. The highest BCUT2D eigenvalue weighted by atomic mass is 32.2. The van der Waals surface area contributed by atoms with Crippen LogP contribution in [0.3, 0.4) is 0 Å². The van der Waals surface area contributed by atoms with Crippen molar-refractivity contribution in [1.82, 2.24) is 35.8 Å². The SMILES string of the molecule is O=C1NC(=O)/C(=C\c2ccnc(N3CCC(CNCc4cc(F)cc(-c5cn[nH]c5)n4)CC3)n2)S1. The molecule has 0 saturated carbocycles. The number of aromatic nitrogens is 5. The Morgan fingerprint density at radius 1 is 1.23 bits per heavy atom. The van der Waals surface area contributed by atoms with Gasteiger partial charge < -0.3 is 10.2 Å². The zero-order valence-electron chi connectivity index (χ0n) is 18.7. The molecule has 5 heterocycles. The molecule has 0 unspecified atom stereocenters. The average Bonchev–Trinajstić information content (AvgIpc) is 3.49. The molecule has 0 aromatic carbocycles. The van der Waals surface area contributed by atoms with Crippen LogP contribution < -0.4 is 15.5 Å². The second-order valence-electron chi connectivity index (χ2n) is 8.34. The van der Waals surface area contributed by atoms with Crippen molar-refractivity contribution in [1.29, 1.82) is 0 Å². The second-order valence-corrected chi connectivity index (χ2v) is 9.36. The molecule has 2 aliphatic heterocycles. The Hall–Kier alpha value is -3.64. The molecule has 2 amide bonds. The van der Waals surface area contributed by atoms with E-state index in [2.05, 4.69) is 40.7 Å². The number of amides is 2. The van der Waals surface area contributed by atoms with Gasteiger partial charge in [0.25, 0.3) is 11.1 Å². The molecule has 0 spiro atoms. The Labute approximate surface area is 204 Å². The van der Waals surface area contributed by atoms with Crippen LogP contribution in [0.15, 0.2) is 41.7 Å². The van der Waals surface area contributed by atoms with E-state index in [0.29, 0.717) is 40.4 Å². The van der Waals surface area contributed by atoms with Crippen molar-refractivity contribution in [2.24, 2.45) is 5.92 Å². The molecule has 3 N–H and O–H groups in total. The number of imide groups is 1. The van der Waals surface area contributed by atoms with Gasteiger partial charge in [0.1, 0.15) is 5.82 Å². The first-order valence-electron chi connectivity index (χ1n) is 11.2. The zero-order chi connectivity index (χ0) is 24.2. The van der Waals surface area contributed by atoms with Gasteiger partial charge in [-0.05, 0) is 55.3 Å². The monoisotopic (exact) mass is 494 g/mol. The number of piperidine rings is 1. The molecule has 180 valence electrons. The maximum absolute atomic E-state index is 14.0. The number of pyridine rings is 1. The lowest BCUT2D eigenvalue weighted by atomic mass is 9.97. The lowest BCUT2D eigenvalue weighted by Crippen LogP contribution is -2.38. The van der Waals surface area contributed by atoms with Crippen molar-refractivity contribution in [3.05, 3.63) is 58.9 Å². The Morgan fingerprint density at radius 3 is 2.83 bits per heavy atom. The third kappa shape index (κ3) is 5.72. The predicted octanol–water partition coefficient (Wildman–Crippen LogP) is 2.73. The number of carbonyl (C=O) groups is 2. The summed E-state index contributed by atoms with van der Waals surface area (Å²) in [5.74, 6) is 0.358. The summed E-state index contributed by atoms with van der Waals surface area (Å²) < 4.78 is 14.0. The molecule has 2 aliphatic rings. The minimum atomic E-state index is -0.403. The standard InChI is InChI=1S/C23H23FN8O2S/c24-16-7-18(29-19(8-16)15-11-27-28-12-15)13-25-10-14-2-5-32(6-3-14)22-26-4-1-17(30-22)9-20-21(33)31-23(34)35-20/h1,4,7-9,11-12,14,25H,2-3,5-6,10,13H2,(H,27,28)(H,31,33,34)/b20-9+. The molecule has 35 heavy (non-hydrogen) atoms. The molecule has 0 aliphatic carbocycles. The maximum atomic E-state index is 14.0. The Bertz CT molecular complexity index is 1260. The summed E-state index contributed by atoms with van der Waals surface area (Å²) >= 11 is 0.868. The van der Waals surface area contributed by atoms with Crippen molar-refractivity contribution >= 4 is 34.9 Å². The van der Waals surface area contributed by atoms with Gasteiger partial charge in [-0.3, -0.25) is 25.0 Å². The molecule has 0 radical (unpaired) electrons. The number of aromatic amines is 1. The van der Waals surface area contributed by atoms with E-state index in [9.17, 15) is 14.0 Å². The van der Waals surface area contributed by atoms with E-state index in [1.165, 1.54) is 12.1 Å². The van der Waals surface area contributed by atoms with Crippen molar-refractivity contribution in [3.63, 3.8) is 0 Å². The van der Waals surface area contributed by atoms with E-state index in [1.54, 1.807) is 30.7 Å². The number of anilines is 1. The summed E-state index contributed by atoms with van der Waals surface area (Å²) in [5.41, 5.74) is 2.54. The molecule has 0 atom stereocenters. The largest absolute Gasteiger partial charge is 0.341 e. The Balaban J connectivity index is 1.12. The number of hydrogen-bond acceptors (Lipinski definition) is 9. The summed E-state index contributed by atoms with van der Waals surface area (Å²) in [4.78, 5) is 39.0. The lowest BCUT2D eigenvalue weighted by molar-refractivity contribution is -0.115. The fourth-order valence-corrected chi connectivity index (χ4v) is 4.74. The third-order valence-corrected chi connectivity index (χ3v) is 6.67. The zero-order valence-corrected chi connectivity index (χ0v) is 19.5. The summed E-state index contributed by atoms with van der Waals surface area (Å²) in [6.07, 6.45) is 8.50. The van der Waals surface area contributed by atoms with E-state index in [-0.39, 0.29) is 11.1 Å². The molecular formula is C23H23FN8O2S. The van der Waals surface area contributed by atoms with Gasteiger partial charge in [-0.1, -0.05) is 0 Å². The minimum Gasteiger partial charge on any atom is -0.341 e. The highest BCUT2D eigenvalue weighted by molar-refractivity contribution is 8.18. The summed E-state index contributed by atoms with van der Waals surface area (Å²) in [7, 11) is 0. The first-order chi connectivity index (χ1) is 17.0. The van der Waals surface area contributed by atoms with E-state index in [4.69, 9.17) is 0 Å². The number of nitrogens with zero attached hydrogens (tertiary/aromatic N) is 5. The van der Waals surface area contributed by atoms with Crippen LogP contribution in [0.4, 0.5) is 15.1 Å². The van der Waals surface area contributed by atoms with Crippen LogP contribution in [0.2, 0.25) is 0 Å². The number of rotatable bonds is 7. The second kappa shape index (κ2) is 10.3. The maximum Gasteiger partial charge on any atom is 0.290 e. The Morgan fingerprint density at radius 2 is 2.09 bits per heavy atom. The predicted molar refractivity (Wildman–Crippen MR) is 130 cm³/mol. The van der Waals surface area contributed by atoms with E-state index >= 15 is 0 Å². The summed E-state index contributed by atoms with van der Waals surface area (Å²) in [5, 5.41) is 11.9. The van der Waals surface area contributed by atoms with E-state index in [0.717, 1.165) is 49.8 Å². The number of H-pyrrole nitrogens is 1. The number of carbonyl (C=O) groups excluding carboxylic acids is 2. The highest BCUT2D eigenvalue weighted by Gasteiger charge is 2.25. The minimum absolute atomic E-state index is 0.321. The van der Waals surface area contributed by atoms with Crippen molar-refractivity contribution in [2.45, 2.75) is 19.4 Å². The van der Waals surface area contributed by atoms with Crippen molar-refractivity contribution in [2.75, 3.05) is 24.5 Å². The molecule has 12 heteroatoms. The van der Waals surface area contributed by atoms with Crippen LogP contribution in [0.5, 0.6) is 0 Å². The lowest BCUT2D eigenvalue weighted by Gasteiger charge is -2.32. The van der Waals surface area contributed by atoms with E-state index < -0.39 is 5.91 Å². The number of nitrogens with one attached hydrogen (secondary N) is 3. The number of halogens is 1. The van der Waals surface area contributed by atoms with Gasteiger partial charge in [-0.2, -0.15) is 5.10 Å². The van der Waals surface area contributed by atoms with Gasteiger partial charge in [0.05, 0.1) is 28.2 Å². The van der Waals surface area contributed by atoms with Crippen molar-refractivity contribution < 1.29 is 14.0 Å². The van der Waals surface area contributed by atoms with Gasteiger partial charge in [-0.15, -0.1) is 0 Å². The third-order valence-electron chi connectivity index (χ3n) is 5.86. The van der Waals surface area contributed by atoms with Crippen LogP contribution in [-0.2, 0) is 11.3 Å². The highest BCUT2D eigenvalue weighted by Crippen LogP contribution is 2.26. The smallest absolute Gasteiger partial charge is 0.290 e. The normalized spacial score (nSPS) is 17.9. The molecule has 3 aromatic rings. The van der Waals surface area contributed by atoms with Gasteiger partial charge >= 0.3 is 0 Å². The Kier molecular flexibility index (Phi) is 6.82. The first-order valence-corrected chi connectivity index (χ1v) is 12.0. The fraction of sp³-hybridized carbons (Fsp3) is 0.304. The molecule has 3 aromatic heterocycles.